The van der Waals surface area contributed by atoms with Crippen LogP contribution >= 0.6 is 23.2 Å². The second-order valence-electron chi connectivity index (χ2n) is 4.49. The standard InChI is InChI=1S/C14H10Cl2FNO3/c1-6-3-11(19)18(7(2)12(6)14(20)21)8-4-9(15)13(17)10(16)5-8/h3-5H,1-2H3,(H,20,21). The maximum absolute atomic E-state index is 13.5. The fraction of sp³-hybridized carbons (Fsp3) is 0.143. The van der Waals surface area contributed by atoms with Crippen molar-refractivity contribution in [2.24, 2.45) is 0 Å². The van der Waals surface area contributed by atoms with Crippen molar-refractivity contribution in [3.8, 4) is 5.69 Å². The number of halogens is 3. The zero-order valence-corrected chi connectivity index (χ0v) is 12.6. The van der Waals surface area contributed by atoms with Gasteiger partial charge in [-0.2, -0.15) is 0 Å². The highest BCUT2D eigenvalue weighted by Gasteiger charge is 2.18. The molecule has 0 aliphatic carbocycles. The highest BCUT2D eigenvalue weighted by atomic mass is 35.5. The Morgan fingerprint density at radius 1 is 1.19 bits per heavy atom. The first-order valence-corrected chi connectivity index (χ1v) is 6.61. The average Bonchev–Trinajstić information content (AvgIpc) is 2.34. The summed E-state index contributed by atoms with van der Waals surface area (Å²) in [5.74, 6) is -1.95. The van der Waals surface area contributed by atoms with Crippen LogP contribution in [-0.4, -0.2) is 15.6 Å². The number of aromatic nitrogens is 1. The van der Waals surface area contributed by atoms with Gasteiger partial charge < -0.3 is 5.11 Å². The SMILES string of the molecule is Cc1cc(=O)n(-c2cc(Cl)c(F)c(Cl)c2)c(C)c1C(=O)O. The first-order valence-electron chi connectivity index (χ1n) is 5.85. The number of carbonyl (C=O) groups is 1. The molecular formula is C14H10Cl2FNO3. The molecule has 1 N–H and O–H groups in total. The molecule has 7 heteroatoms. The molecule has 0 unspecified atom stereocenters. The van der Waals surface area contributed by atoms with Crippen molar-refractivity contribution in [2.75, 3.05) is 0 Å². The fourth-order valence-corrected chi connectivity index (χ4v) is 2.68. The molecule has 1 aromatic heterocycles. The first kappa shape index (κ1) is 15.5. The van der Waals surface area contributed by atoms with Gasteiger partial charge in [0.1, 0.15) is 0 Å². The van der Waals surface area contributed by atoms with Gasteiger partial charge >= 0.3 is 5.97 Å². The molecule has 0 aliphatic rings. The van der Waals surface area contributed by atoms with Gasteiger partial charge in [-0.05, 0) is 31.5 Å². The number of carboxylic acids is 1. The molecular weight excluding hydrogens is 320 g/mol. The molecule has 1 heterocycles. The fourth-order valence-electron chi connectivity index (χ4n) is 2.20. The van der Waals surface area contributed by atoms with Crippen LogP contribution in [0, 0.1) is 19.7 Å². The molecule has 110 valence electrons. The minimum absolute atomic E-state index is 0.00571. The van der Waals surface area contributed by atoms with Crippen molar-refractivity contribution in [1.29, 1.82) is 0 Å². The van der Waals surface area contributed by atoms with Crippen molar-refractivity contribution in [1.82, 2.24) is 4.57 Å². The van der Waals surface area contributed by atoms with E-state index in [4.69, 9.17) is 23.2 Å². The van der Waals surface area contributed by atoms with Gasteiger partial charge in [0, 0.05) is 11.8 Å². The van der Waals surface area contributed by atoms with Gasteiger partial charge in [-0.1, -0.05) is 23.2 Å². The van der Waals surface area contributed by atoms with Crippen LogP contribution < -0.4 is 5.56 Å². The summed E-state index contributed by atoms with van der Waals surface area (Å²) in [4.78, 5) is 23.4. The lowest BCUT2D eigenvalue weighted by Gasteiger charge is -2.15. The van der Waals surface area contributed by atoms with Crippen molar-refractivity contribution < 1.29 is 14.3 Å². The number of carboxylic acid groups (broad SMARTS) is 1. The Hall–Kier alpha value is -1.85. The molecule has 0 aliphatic heterocycles. The van der Waals surface area contributed by atoms with E-state index in [1.807, 2.05) is 0 Å². The van der Waals surface area contributed by atoms with Gasteiger partial charge in [-0.3, -0.25) is 9.36 Å². The second kappa shape index (κ2) is 5.50. The summed E-state index contributed by atoms with van der Waals surface area (Å²) in [5.41, 5.74) is 0.322. The first-order chi connectivity index (χ1) is 9.73. The van der Waals surface area contributed by atoms with E-state index in [0.717, 1.165) is 4.57 Å². The predicted molar refractivity (Wildman–Crippen MR) is 78.5 cm³/mol. The third kappa shape index (κ3) is 2.66. The Balaban J connectivity index is 2.85. The van der Waals surface area contributed by atoms with Crippen LogP contribution in [0.2, 0.25) is 10.0 Å². The number of rotatable bonds is 2. The summed E-state index contributed by atoms with van der Waals surface area (Å²) in [6, 6.07) is 3.64. The topological polar surface area (TPSA) is 59.3 Å². The zero-order chi connectivity index (χ0) is 15.9. The minimum Gasteiger partial charge on any atom is -0.478 e. The Morgan fingerprint density at radius 2 is 1.71 bits per heavy atom. The molecule has 0 amide bonds. The molecule has 0 atom stereocenters. The maximum atomic E-state index is 13.5. The van der Waals surface area contributed by atoms with Crippen LogP contribution in [-0.2, 0) is 0 Å². The number of benzene rings is 1. The highest BCUT2D eigenvalue weighted by molar-refractivity contribution is 6.35. The van der Waals surface area contributed by atoms with Crippen molar-refractivity contribution in [2.45, 2.75) is 13.8 Å². The van der Waals surface area contributed by atoms with Crippen LogP contribution in [0.3, 0.4) is 0 Å². The zero-order valence-electron chi connectivity index (χ0n) is 11.1. The number of aryl methyl sites for hydroxylation is 1. The van der Waals surface area contributed by atoms with Crippen LogP contribution in [0.25, 0.3) is 5.69 Å². The minimum atomic E-state index is -1.15. The quantitative estimate of drug-likeness (QED) is 0.856. The van der Waals surface area contributed by atoms with E-state index in [2.05, 4.69) is 0 Å². The lowest BCUT2D eigenvalue weighted by molar-refractivity contribution is 0.0694. The number of aromatic carboxylic acids is 1. The Kier molecular flexibility index (Phi) is 4.07. The molecule has 21 heavy (non-hydrogen) atoms. The van der Waals surface area contributed by atoms with Crippen molar-refractivity contribution in [3.05, 3.63) is 61.2 Å². The summed E-state index contributed by atoms with van der Waals surface area (Å²) >= 11 is 11.4. The molecule has 0 fully saturated rings. The Labute approximate surface area is 129 Å². The molecule has 0 spiro atoms. The number of hydrogen-bond acceptors (Lipinski definition) is 2. The van der Waals surface area contributed by atoms with Gasteiger partial charge in [0.25, 0.3) is 5.56 Å². The van der Waals surface area contributed by atoms with Crippen LogP contribution in [0.1, 0.15) is 21.6 Å². The monoisotopic (exact) mass is 329 g/mol. The normalized spacial score (nSPS) is 10.7. The van der Waals surface area contributed by atoms with Gasteiger partial charge in [-0.25, -0.2) is 9.18 Å². The van der Waals surface area contributed by atoms with E-state index < -0.39 is 17.3 Å². The largest absolute Gasteiger partial charge is 0.478 e. The lowest BCUT2D eigenvalue weighted by Crippen LogP contribution is -2.24. The van der Waals surface area contributed by atoms with Crippen LogP contribution in [0.15, 0.2) is 23.0 Å². The molecule has 0 saturated carbocycles. The summed E-state index contributed by atoms with van der Waals surface area (Å²) in [6.45, 7) is 3.02. The van der Waals surface area contributed by atoms with Crippen molar-refractivity contribution >= 4 is 29.2 Å². The molecule has 4 nitrogen and oxygen atoms in total. The molecule has 1 aromatic carbocycles. The van der Waals surface area contributed by atoms with Crippen LogP contribution in [0.4, 0.5) is 4.39 Å². The summed E-state index contributed by atoms with van der Waals surface area (Å²) < 4.78 is 14.6. The third-order valence-corrected chi connectivity index (χ3v) is 3.64. The third-order valence-electron chi connectivity index (χ3n) is 3.09. The Bertz CT molecular complexity index is 792. The second-order valence-corrected chi connectivity index (χ2v) is 5.30. The van der Waals surface area contributed by atoms with E-state index in [1.165, 1.54) is 32.0 Å². The molecule has 0 radical (unpaired) electrons. The van der Waals surface area contributed by atoms with Gasteiger partial charge in [0.05, 0.1) is 21.3 Å². The maximum Gasteiger partial charge on any atom is 0.337 e. The number of pyridine rings is 1. The average molecular weight is 330 g/mol. The molecule has 2 aromatic rings. The van der Waals surface area contributed by atoms with E-state index in [-0.39, 0.29) is 27.0 Å². The van der Waals surface area contributed by atoms with E-state index in [9.17, 15) is 19.1 Å². The molecule has 2 rings (SSSR count). The Morgan fingerprint density at radius 3 is 2.19 bits per heavy atom. The van der Waals surface area contributed by atoms with Crippen molar-refractivity contribution in [3.63, 3.8) is 0 Å². The van der Waals surface area contributed by atoms with E-state index in [0.29, 0.717) is 5.56 Å². The summed E-state index contributed by atoms with van der Waals surface area (Å²) in [5, 5.41) is 8.74. The molecule has 0 saturated heterocycles. The van der Waals surface area contributed by atoms with E-state index in [1.54, 1.807) is 0 Å². The molecule has 0 bridgehead atoms. The number of hydrogen-bond donors (Lipinski definition) is 1. The van der Waals surface area contributed by atoms with E-state index >= 15 is 0 Å². The predicted octanol–water partition coefficient (Wildman–Crippen LogP) is 3.60. The smallest absolute Gasteiger partial charge is 0.337 e. The number of nitrogens with zero attached hydrogens (tertiary/aromatic N) is 1. The van der Waals surface area contributed by atoms with Crippen LogP contribution in [0.5, 0.6) is 0 Å². The van der Waals surface area contributed by atoms with Gasteiger partial charge in [0.2, 0.25) is 0 Å². The summed E-state index contributed by atoms with van der Waals surface area (Å²) in [6.07, 6.45) is 0. The van der Waals surface area contributed by atoms with Gasteiger partial charge in [0.15, 0.2) is 5.82 Å². The summed E-state index contributed by atoms with van der Waals surface area (Å²) in [7, 11) is 0. The highest BCUT2D eigenvalue weighted by Crippen LogP contribution is 2.27. The van der Waals surface area contributed by atoms with Gasteiger partial charge in [-0.15, -0.1) is 0 Å². The lowest BCUT2D eigenvalue weighted by atomic mass is 10.1.